The lowest BCUT2D eigenvalue weighted by Gasteiger charge is -2.37. The third-order valence-corrected chi connectivity index (χ3v) is 11.5. The van der Waals surface area contributed by atoms with Gasteiger partial charge in [0.25, 0.3) is 12.3 Å². The van der Waals surface area contributed by atoms with Gasteiger partial charge in [-0.3, -0.25) is 9.20 Å². The van der Waals surface area contributed by atoms with Crippen molar-refractivity contribution in [1.82, 2.24) is 29.2 Å². The molecule has 3 aromatic rings. The number of carbonyl (C=O) groups is 1. The predicted octanol–water partition coefficient (Wildman–Crippen LogP) is 3.22. The lowest BCUT2D eigenvalue weighted by molar-refractivity contribution is -0.144. The Kier molecular flexibility index (Phi) is 6.73. The average molecular weight is 633 g/mol. The summed E-state index contributed by atoms with van der Waals surface area (Å²) in [5, 5.41) is 17.1. The van der Waals surface area contributed by atoms with Crippen LogP contribution in [0.2, 0.25) is 0 Å². The number of alkyl halides is 2. The zero-order valence-electron chi connectivity index (χ0n) is 23.4. The van der Waals surface area contributed by atoms with E-state index in [0.717, 1.165) is 30.6 Å². The molecule has 1 aliphatic heterocycles. The Hall–Kier alpha value is -3.26. The molecule has 0 radical (unpaired) electrons. The fraction of sp³-hybridized carbons (Fsp3) is 0.593. The summed E-state index contributed by atoms with van der Waals surface area (Å²) in [6.45, 7) is 1.69. The van der Waals surface area contributed by atoms with Crippen molar-refractivity contribution < 1.29 is 26.7 Å². The van der Waals surface area contributed by atoms with Crippen LogP contribution in [0.3, 0.4) is 0 Å². The van der Waals surface area contributed by atoms with Gasteiger partial charge >= 0.3 is 0 Å². The van der Waals surface area contributed by atoms with Gasteiger partial charge in [0.1, 0.15) is 21.7 Å². The number of nitriles is 1. The number of sulfonamides is 1. The Labute approximate surface area is 250 Å². The minimum absolute atomic E-state index is 0.0342. The Bertz CT molecular complexity index is 1750. The number of ether oxygens (including phenoxy) is 1. The van der Waals surface area contributed by atoms with E-state index in [-0.39, 0.29) is 21.7 Å². The van der Waals surface area contributed by atoms with Gasteiger partial charge in [-0.25, -0.2) is 22.2 Å². The van der Waals surface area contributed by atoms with E-state index >= 15 is 0 Å². The molecule has 0 unspecified atom stereocenters. The first kappa shape index (κ1) is 28.5. The van der Waals surface area contributed by atoms with Gasteiger partial charge in [-0.15, -0.1) is 10.2 Å². The number of nitrogens with zero attached hydrogens (tertiary/aromatic N) is 7. The van der Waals surface area contributed by atoms with Crippen LogP contribution >= 0.6 is 11.3 Å². The van der Waals surface area contributed by atoms with Gasteiger partial charge in [0.2, 0.25) is 10.0 Å². The van der Waals surface area contributed by atoms with Crippen molar-refractivity contribution in [1.29, 1.82) is 5.26 Å². The number of carbonyl (C=O) groups excluding carboxylic acids is 1. The Morgan fingerprint density at radius 1 is 1.19 bits per heavy atom. The van der Waals surface area contributed by atoms with Crippen molar-refractivity contribution in [2.75, 3.05) is 38.2 Å². The first-order chi connectivity index (χ1) is 20.6. The Balaban J connectivity index is 1.33. The molecule has 3 aromatic heterocycles. The lowest BCUT2D eigenvalue weighted by Crippen LogP contribution is -2.52. The molecule has 16 heteroatoms. The zero-order chi connectivity index (χ0) is 30.1. The quantitative estimate of drug-likeness (QED) is 0.376. The highest BCUT2D eigenvalue weighted by Gasteiger charge is 2.53. The average Bonchev–Trinajstić information content (AvgIpc) is 3.84. The zero-order valence-corrected chi connectivity index (χ0v) is 25.1. The second-order valence-corrected chi connectivity index (χ2v) is 14.4. The monoisotopic (exact) mass is 632 g/mol. The summed E-state index contributed by atoms with van der Waals surface area (Å²) in [5.74, 6) is 0.0411. The minimum atomic E-state index is -4.15. The fourth-order valence-corrected chi connectivity index (χ4v) is 7.98. The maximum absolute atomic E-state index is 13.7. The molecule has 3 saturated carbocycles. The van der Waals surface area contributed by atoms with Crippen LogP contribution < -0.4 is 9.62 Å². The number of imidazole rings is 1. The molecule has 0 spiro atoms. The first-order valence-corrected chi connectivity index (χ1v) is 16.6. The molecule has 4 fully saturated rings. The smallest absolute Gasteiger partial charge is 0.291 e. The van der Waals surface area contributed by atoms with Crippen LogP contribution in [0, 0.1) is 11.3 Å². The summed E-state index contributed by atoms with van der Waals surface area (Å²) in [5.41, 5.74) is 0.265. The molecule has 12 nitrogen and oxygen atoms in total. The number of hydrogen-bond acceptors (Lipinski definition) is 10. The van der Waals surface area contributed by atoms with Crippen LogP contribution in [0.1, 0.15) is 68.0 Å². The number of fused-ring (bicyclic) bond motifs is 1. The summed E-state index contributed by atoms with van der Waals surface area (Å²) >= 11 is 0.761. The number of amides is 1. The number of aromatic nitrogens is 4. The van der Waals surface area contributed by atoms with Gasteiger partial charge < -0.3 is 14.5 Å². The molecule has 1 saturated heterocycles. The van der Waals surface area contributed by atoms with E-state index in [1.54, 1.807) is 22.5 Å². The van der Waals surface area contributed by atoms with Crippen molar-refractivity contribution in [2.45, 2.75) is 73.3 Å². The number of piperazine rings is 1. The van der Waals surface area contributed by atoms with E-state index in [9.17, 15) is 27.3 Å². The highest BCUT2D eigenvalue weighted by molar-refractivity contribution is 7.89. The van der Waals surface area contributed by atoms with Gasteiger partial charge in [-0.05, 0) is 44.6 Å². The van der Waals surface area contributed by atoms with Crippen LogP contribution in [0.5, 0.6) is 0 Å². The molecule has 0 aromatic carbocycles. The molecule has 3 aliphatic carbocycles. The van der Waals surface area contributed by atoms with Crippen LogP contribution in [-0.4, -0.2) is 83.2 Å². The SMILES string of the molecule is COC1(C(=O)N2CCN(c3cc(S(=O)(=O)NC4(C#N)CC4)cn4c(-c5nnc(C(F)F)s5)c(C5CCC5)nc34)CC2)CC1. The van der Waals surface area contributed by atoms with Crippen molar-refractivity contribution in [3.05, 3.63) is 23.0 Å². The predicted molar refractivity (Wildman–Crippen MR) is 151 cm³/mol. The molecule has 4 aliphatic rings. The second kappa shape index (κ2) is 10.1. The number of rotatable bonds is 9. The maximum Gasteiger partial charge on any atom is 0.291 e. The number of nitrogens with one attached hydrogen (secondary N) is 1. The summed E-state index contributed by atoms with van der Waals surface area (Å²) in [6.07, 6.45) is 3.60. The molecular weight excluding hydrogens is 602 g/mol. The van der Waals surface area contributed by atoms with Gasteiger partial charge in [0, 0.05) is 45.4 Å². The van der Waals surface area contributed by atoms with Crippen molar-refractivity contribution in [3.8, 4) is 16.8 Å². The Morgan fingerprint density at radius 2 is 1.91 bits per heavy atom. The summed E-state index contributed by atoms with van der Waals surface area (Å²) in [4.78, 5) is 21.8. The molecule has 1 N–H and O–H groups in total. The second-order valence-electron chi connectivity index (χ2n) is 11.8. The lowest BCUT2D eigenvalue weighted by atomic mass is 9.82. The number of halogens is 2. The molecule has 1 amide bonds. The van der Waals surface area contributed by atoms with Gasteiger partial charge in [-0.2, -0.15) is 9.98 Å². The fourth-order valence-electron chi connectivity index (χ4n) is 5.83. The topological polar surface area (TPSA) is 146 Å². The summed E-state index contributed by atoms with van der Waals surface area (Å²) in [7, 11) is -2.60. The van der Waals surface area contributed by atoms with Crippen LogP contribution in [0.25, 0.3) is 16.3 Å². The first-order valence-electron chi connectivity index (χ1n) is 14.3. The minimum Gasteiger partial charge on any atom is -0.368 e. The van der Waals surface area contributed by atoms with E-state index < -0.39 is 32.6 Å². The van der Waals surface area contributed by atoms with Gasteiger partial charge in [0.05, 0.1) is 17.5 Å². The van der Waals surface area contributed by atoms with E-state index in [2.05, 4.69) is 21.0 Å². The molecule has 7 rings (SSSR count). The normalized spacial score (nSPS) is 21.2. The molecule has 43 heavy (non-hydrogen) atoms. The summed E-state index contributed by atoms with van der Waals surface area (Å²) in [6, 6.07) is 3.61. The molecule has 228 valence electrons. The highest BCUT2D eigenvalue weighted by atomic mass is 32.2. The largest absolute Gasteiger partial charge is 0.368 e. The summed E-state index contributed by atoms with van der Waals surface area (Å²) < 4.78 is 64.0. The van der Waals surface area contributed by atoms with Gasteiger partial charge in [0.15, 0.2) is 15.7 Å². The number of hydrogen-bond donors (Lipinski definition) is 1. The highest BCUT2D eigenvalue weighted by Crippen LogP contribution is 2.45. The van der Waals surface area contributed by atoms with Crippen molar-refractivity contribution in [2.24, 2.45) is 0 Å². The maximum atomic E-state index is 13.7. The van der Waals surface area contributed by atoms with E-state index in [1.165, 1.54) is 6.20 Å². The molecular formula is C27H30F2N8O4S2. The third kappa shape index (κ3) is 4.86. The van der Waals surface area contributed by atoms with E-state index in [4.69, 9.17) is 9.72 Å². The number of anilines is 1. The van der Waals surface area contributed by atoms with E-state index in [1.807, 2.05) is 4.90 Å². The third-order valence-electron chi connectivity index (χ3n) is 9.02. The standard InChI is InChI=1S/C27H30F2N8O4S2/c1-41-27(7-8-27)25(38)36-11-9-35(10-12-36)18-13-17(43(39,40)34-26(15-30)5-6-26)14-37-20(23-32-33-24(42-23)21(28)29)19(31-22(18)37)16-3-2-4-16/h13-14,16,21,34H,2-12H2,1H3. The van der Waals surface area contributed by atoms with Crippen LogP contribution in [-0.2, 0) is 19.6 Å². The van der Waals surface area contributed by atoms with E-state index in [0.29, 0.717) is 74.6 Å². The molecule has 0 atom stereocenters. The van der Waals surface area contributed by atoms with Crippen molar-refractivity contribution >= 4 is 38.6 Å². The number of methoxy groups -OCH3 is 1. The van der Waals surface area contributed by atoms with Crippen molar-refractivity contribution in [3.63, 3.8) is 0 Å². The Morgan fingerprint density at radius 3 is 2.44 bits per heavy atom. The number of pyridine rings is 1. The molecule has 4 heterocycles. The van der Waals surface area contributed by atoms with Gasteiger partial charge in [-0.1, -0.05) is 17.8 Å². The van der Waals surface area contributed by atoms with Crippen LogP contribution in [0.4, 0.5) is 14.5 Å². The van der Waals surface area contributed by atoms with Crippen LogP contribution in [0.15, 0.2) is 17.2 Å². The molecule has 0 bridgehead atoms.